The van der Waals surface area contributed by atoms with Crippen molar-refractivity contribution in [1.82, 2.24) is 4.98 Å². The summed E-state index contributed by atoms with van der Waals surface area (Å²) in [5, 5.41) is 5.80. The molecular weight excluding hydrogens is 454 g/mol. The molecule has 0 spiro atoms. The van der Waals surface area contributed by atoms with Crippen LogP contribution in [0.4, 0.5) is 5.13 Å². The van der Waals surface area contributed by atoms with Gasteiger partial charge < -0.3 is 9.15 Å². The number of rotatable bonds is 5. The van der Waals surface area contributed by atoms with Gasteiger partial charge in [-0.15, -0.1) is 0 Å². The number of methoxy groups -OCH3 is 1. The molecule has 0 aliphatic carbocycles. The number of aromatic nitrogens is 1. The number of benzene rings is 2. The Labute approximate surface area is 179 Å². The summed E-state index contributed by atoms with van der Waals surface area (Å²) in [6.45, 7) is 1.90. The predicted octanol–water partition coefficient (Wildman–Crippen LogP) is 5.52. The minimum Gasteiger partial charge on any atom is -0.497 e. The Kier molecular flexibility index (Phi) is 5.46. The highest BCUT2D eigenvalue weighted by Crippen LogP contribution is 2.29. The number of fused-ring (bicyclic) bond motifs is 1. The molecule has 29 heavy (non-hydrogen) atoms. The first-order chi connectivity index (χ1) is 14.0. The Morgan fingerprint density at radius 1 is 1.21 bits per heavy atom. The van der Waals surface area contributed by atoms with E-state index in [1.807, 2.05) is 49.4 Å². The summed E-state index contributed by atoms with van der Waals surface area (Å²) >= 11 is 4.77. The smallest absolute Gasteiger partial charge is 0.345 e. The normalized spacial score (nSPS) is 11.6. The van der Waals surface area contributed by atoms with Gasteiger partial charge in [0.15, 0.2) is 0 Å². The molecule has 4 aromatic rings. The van der Waals surface area contributed by atoms with E-state index in [1.54, 1.807) is 19.4 Å². The molecule has 6 nitrogen and oxygen atoms in total. The van der Waals surface area contributed by atoms with E-state index >= 15 is 0 Å². The van der Waals surface area contributed by atoms with Crippen LogP contribution in [0.1, 0.15) is 12.5 Å². The van der Waals surface area contributed by atoms with Crippen LogP contribution in [-0.2, 0) is 0 Å². The van der Waals surface area contributed by atoms with Crippen LogP contribution in [0.3, 0.4) is 0 Å². The van der Waals surface area contributed by atoms with Gasteiger partial charge in [-0.2, -0.15) is 5.10 Å². The number of ether oxygens (including phenoxy) is 1. The van der Waals surface area contributed by atoms with Crippen LogP contribution in [0.5, 0.6) is 5.75 Å². The van der Waals surface area contributed by atoms with Gasteiger partial charge in [0.1, 0.15) is 11.3 Å². The fraction of sp³-hybridized carbons (Fsp3) is 0.0952. The number of halogens is 1. The number of hydrogen-bond acceptors (Lipinski definition) is 7. The van der Waals surface area contributed by atoms with E-state index in [4.69, 9.17) is 9.15 Å². The number of hydrogen-bond donors (Lipinski definition) is 1. The number of hydrazone groups is 1. The summed E-state index contributed by atoms with van der Waals surface area (Å²) in [7, 11) is 1.63. The van der Waals surface area contributed by atoms with E-state index in [-0.39, 0.29) is 0 Å². The minimum atomic E-state index is -0.395. The van der Waals surface area contributed by atoms with Crippen molar-refractivity contribution in [3.05, 3.63) is 75.2 Å². The first-order valence-electron chi connectivity index (χ1n) is 8.68. The lowest BCUT2D eigenvalue weighted by Gasteiger charge is -2.03. The first-order valence-corrected chi connectivity index (χ1v) is 10.3. The Morgan fingerprint density at radius 3 is 2.76 bits per heavy atom. The molecule has 0 atom stereocenters. The zero-order chi connectivity index (χ0) is 20.4. The van der Waals surface area contributed by atoms with Crippen LogP contribution in [0, 0.1) is 0 Å². The van der Waals surface area contributed by atoms with Crippen molar-refractivity contribution < 1.29 is 9.15 Å². The third-order valence-electron chi connectivity index (χ3n) is 4.29. The molecule has 0 radical (unpaired) electrons. The van der Waals surface area contributed by atoms with Gasteiger partial charge in [-0.05, 0) is 61.0 Å². The third-order valence-corrected chi connectivity index (χ3v) is 5.72. The van der Waals surface area contributed by atoms with Gasteiger partial charge in [0.2, 0.25) is 5.13 Å². The molecule has 0 aliphatic rings. The van der Waals surface area contributed by atoms with Crippen LogP contribution < -0.4 is 15.8 Å². The molecule has 2 aromatic carbocycles. The lowest BCUT2D eigenvalue weighted by molar-refractivity contribution is 0.415. The van der Waals surface area contributed by atoms with Crippen molar-refractivity contribution in [3.63, 3.8) is 0 Å². The van der Waals surface area contributed by atoms with Crippen LogP contribution in [0.25, 0.3) is 21.4 Å². The van der Waals surface area contributed by atoms with Crippen molar-refractivity contribution >= 4 is 49.1 Å². The number of thiazole rings is 1. The molecule has 0 amide bonds. The van der Waals surface area contributed by atoms with E-state index in [1.165, 1.54) is 11.3 Å². The summed E-state index contributed by atoms with van der Waals surface area (Å²) in [6, 6.07) is 15.0. The van der Waals surface area contributed by atoms with Crippen LogP contribution >= 0.6 is 27.3 Å². The van der Waals surface area contributed by atoms with Crippen molar-refractivity contribution in [3.8, 4) is 16.2 Å². The van der Waals surface area contributed by atoms with E-state index in [9.17, 15) is 4.79 Å². The summed E-state index contributed by atoms with van der Waals surface area (Å²) in [6.07, 6.45) is 1.64. The Bertz CT molecular complexity index is 1260. The number of anilines is 1. The van der Waals surface area contributed by atoms with Gasteiger partial charge in [0.05, 0.1) is 23.3 Å². The Balaban J connectivity index is 1.57. The van der Waals surface area contributed by atoms with E-state index in [2.05, 4.69) is 31.4 Å². The third kappa shape index (κ3) is 4.23. The second-order valence-corrected chi connectivity index (χ2v) is 8.14. The fourth-order valence-corrected chi connectivity index (χ4v) is 3.89. The Morgan fingerprint density at radius 2 is 2.00 bits per heavy atom. The molecule has 0 aliphatic heterocycles. The molecule has 0 saturated heterocycles. The lowest BCUT2D eigenvalue weighted by Crippen LogP contribution is -2.01. The number of nitrogens with one attached hydrogen (secondary N) is 1. The van der Waals surface area contributed by atoms with Crippen molar-refractivity contribution in [2.75, 3.05) is 12.5 Å². The van der Waals surface area contributed by atoms with Gasteiger partial charge in [-0.1, -0.05) is 27.3 Å². The van der Waals surface area contributed by atoms with Crippen LogP contribution in [0.15, 0.2) is 73.5 Å². The maximum Gasteiger partial charge on any atom is 0.345 e. The topological polar surface area (TPSA) is 76.7 Å². The molecule has 2 heterocycles. The average molecular weight is 470 g/mol. The van der Waals surface area contributed by atoms with E-state index in [0.29, 0.717) is 21.2 Å². The van der Waals surface area contributed by atoms with E-state index in [0.717, 1.165) is 26.9 Å². The second-order valence-electron chi connectivity index (χ2n) is 6.20. The van der Waals surface area contributed by atoms with Crippen LogP contribution in [-0.4, -0.2) is 17.8 Å². The molecule has 2 aromatic heterocycles. The molecule has 8 heteroatoms. The summed E-state index contributed by atoms with van der Waals surface area (Å²) in [5.41, 5.74) is 5.34. The first kappa shape index (κ1) is 19.4. The summed E-state index contributed by atoms with van der Waals surface area (Å²) < 4.78 is 11.5. The van der Waals surface area contributed by atoms with Gasteiger partial charge in [-0.25, -0.2) is 9.78 Å². The molecular formula is C21H16BrN3O3S. The molecule has 4 rings (SSSR count). The minimum absolute atomic E-state index is 0.395. The van der Waals surface area contributed by atoms with Crippen molar-refractivity contribution in [1.29, 1.82) is 0 Å². The van der Waals surface area contributed by atoms with E-state index < -0.39 is 5.63 Å². The quantitative estimate of drug-likeness (QED) is 0.236. The zero-order valence-electron chi connectivity index (χ0n) is 15.6. The highest BCUT2D eigenvalue weighted by molar-refractivity contribution is 9.10. The van der Waals surface area contributed by atoms with Crippen LogP contribution in [0.2, 0.25) is 0 Å². The summed E-state index contributed by atoms with van der Waals surface area (Å²) in [4.78, 5) is 17.4. The molecule has 0 fully saturated rings. The van der Waals surface area contributed by atoms with Gasteiger partial charge in [0, 0.05) is 16.1 Å². The van der Waals surface area contributed by atoms with Gasteiger partial charge >= 0.3 is 5.63 Å². The molecule has 1 N–H and O–H groups in total. The second kappa shape index (κ2) is 8.18. The van der Waals surface area contributed by atoms with Gasteiger partial charge in [-0.3, -0.25) is 5.43 Å². The van der Waals surface area contributed by atoms with Gasteiger partial charge in [0.25, 0.3) is 0 Å². The standard InChI is InChI=1S/C21H16BrN3O3S/c1-12(13-3-6-16(27-2)7-4-13)24-25-21-23-11-19(29-21)17-10-14-9-15(22)5-8-18(14)28-20(17)26/h3-11H,1-2H3,(H,23,25)/b24-12-. The zero-order valence-corrected chi connectivity index (χ0v) is 18.0. The van der Waals surface area contributed by atoms with Crippen molar-refractivity contribution in [2.24, 2.45) is 5.10 Å². The predicted molar refractivity (Wildman–Crippen MR) is 120 cm³/mol. The molecule has 146 valence electrons. The summed E-state index contributed by atoms with van der Waals surface area (Å²) in [5.74, 6) is 0.792. The fourth-order valence-electron chi connectivity index (χ4n) is 2.74. The Hall–Kier alpha value is -2.97. The maximum absolute atomic E-state index is 12.4. The average Bonchev–Trinajstić information content (AvgIpc) is 3.20. The molecule has 0 bridgehead atoms. The highest BCUT2D eigenvalue weighted by Gasteiger charge is 2.12. The lowest BCUT2D eigenvalue weighted by atomic mass is 10.1. The molecule has 0 saturated carbocycles. The largest absolute Gasteiger partial charge is 0.497 e. The molecule has 0 unspecified atom stereocenters. The number of nitrogens with zero attached hydrogens (tertiary/aromatic N) is 2. The van der Waals surface area contributed by atoms with Crippen molar-refractivity contribution in [2.45, 2.75) is 6.92 Å². The monoisotopic (exact) mass is 469 g/mol. The SMILES string of the molecule is COc1ccc(/C(C)=N\Nc2ncc(-c3cc4cc(Br)ccc4oc3=O)s2)cc1. The maximum atomic E-state index is 12.4. The highest BCUT2D eigenvalue weighted by atomic mass is 79.9.